The SMILES string of the molecule is COc1ccc(N2CN(c3ccc(F)cc3C)c3cc(B4OC(C)(C)C(C)(C)O4)ccc3C2=O)c(C)n1. The van der Waals surface area contributed by atoms with Crippen LogP contribution in [0.4, 0.5) is 21.5 Å². The second-order valence-corrected chi connectivity index (χ2v) is 10.6. The molecule has 1 fully saturated rings. The van der Waals surface area contributed by atoms with Crippen molar-refractivity contribution >= 4 is 35.6 Å². The minimum absolute atomic E-state index is 0.151. The Morgan fingerprint density at radius 1 is 0.919 bits per heavy atom. The monoisotopic (exact) mass is 503 g/mol. The number of amides is 1. The molecule has 0 unspecified atom stereocenters. The molecule has 37 heavy (non-hydrogen) atoms. The Balaban J connectivity index is 1.62. The van der Waals surface area contributed by atoms with Crippen LogP contribution in [0.5, 0.6) is 5.88 Å². The normalized spacial score (nSPS) is 18.3. The second-order valence-electron chi connectivity index (χ2n) is 10.6. The highest BCUT2D eigenvalue weighted by Crippen LogP contribution is 2.40. The van der Waals surface area contributed by atoms with Gasteiger partial charge in [0.25, 0.3) is 5.91 Å². The number of carbonyl (C=O) groups is 1. The van der Waals surface area contributed by atoms with Crippen molar-refractivity contribution in [1.29, 1.82) is 0 Å². The predicted molar refractivity (Wildman–Crippen MR) is 143 cm³/mol. The standard InChI is InChI=1S/C28H31BFN3O4/c1-17-14-20(30)9-11-22(17)32-16-33(23-12-13-25(35-7)31-18(23)2)26(34)21-10-8-19(15-24(21)32)29-36-27(3,4)28(5,6)37-29/h8-15H,16H2,1-7H3. The summed E-state index contributed by atoms with van der Waals surface area (Å²) in [5.41, 5.74) is 3.95. The maximum absolute atomic E-state index is 14.0. The van der Waals surface area contributed by atoms with Gasteiger partial charge in [0.05, 0.1) is 40.9 Å². The van der Waals surface area contributed by atoms with Crippen molar-refractivity contribution in [3.05, 3.63) is 71.2 Å². The number of carbonyl (C=O) groups excluding carboxylic acids is 1. The molecule has 0 spiro atoms. The van der Waals surface area contributed by atoms with E-state index >= 15 is 0 Å². The highest BCUT2D eigenvalue weighted by molar-refractivity contribution is 6.62. The van der Waals surface area contributed by atoms with Crippen molar-refractivity contribution in [3.8, 4) is 5.88 Å². The van der Waals surface area contributed by atoms with E-state index < -0.39 is 18.3 Å². The Hall–Kier alpha value is -3.43. The van der Waals surface area contributed by atoms with Crippen molar-refractivity contribution in [2.75, 3.05) is 23.6 Å². The maximum atomic E-state index is 14.0. The van der Waals surface area contributed by atoms with Gasteiger partial charge in [-0.05, 0) is 89.0 Å². The highest BCUT2D eigenvalue weighted by atomic mass is 19.1. The van der Waals surface area contributed by atoms with Gasteiger partial charge in [-0.3, -0.25) is 9.69 Å². The van der Waals surface area contributed by atoms with Crippen LogP contribution in [0.1, 0.15) is 49.3 Å². The zero-order valence-corrected chi connectivity index (χ0v) is 22.3. The second kappa shape index (κ2) is 8.85. The van der Waals surface area contributed by atoms with E-state index in [1.54, 1.807) is 24.1 Å². The quantitative estimate of drug-likeness (QED) is 0.472. The number of halogens is 1. The summed E-state index contributed by atoms with van der Waals surface area (Å²) in [6, 6.07) is 13.9. The molecule has 3 aromatic rings. The fourth-order valence-corrected chi connectivity index (χ4v) is 4.75. The Bertz CT molecular complexity index is 1380. The summed E-state index contributed by atoms with van der Waals surface area (Å²) in [6.07, 6.45) is 0. The van der Waals surface area contributed by atoms with Crippen LogP contribution in [-0.2, 0) is 9.31 Å². The lowest BCUT2D eigenvalue weighted by Crippen LogP contribution is -2.46. The maximum Gasteiger partial charge on any atom is 0.494 e. The first-order chi connectivity index (χ1) is 17.4. The number of aromatic nitrogens is 1. The molecule has 2 aromatic carbocycles. The van der Waals surface area contributed by atoms with Crippen LogP contribution in [0.25, 0.3) is 0 Å². The summed E-state index contributed by atoms with van der Waals surface area (Å²) in [5, 5.41) is 0. The number of methoxy groups -OCH3 is 1. The van der Waals surface area contributed by atoms with Gasteiger partial charge in [-0.1, -0.05) is 6.07 Å². The minimum atomic E-state index is -0.576. The summed E-state index contributed by atoms with van der Waals surface area (Å²) >= 11 is 0. The molecule has 1 amide bonds. The van der Waals surface area contributed by atoms with Crippen LogP contribution < -0.4 is 20.0 Å². The minimum Gasteiger partial charge on any atom is -0.481 e. The summed E-state index contributed by atoms with van der Waals surface area (Å²) < 4.78 is 31.8. The summed E-state index contributed by atoms with van der Waals surface area (Å²) in [5.74, 6) is 0.0125. The number of rotatable bonds is 4. The molecule has 0 saturated carbocycles. The Morgan fingerprint density at radius 3 is 2.22 bits per heavy atom. The summed E-state index contributed by atoms with van der Waals surface area (Å²) in [4.78, 5) is 22.0. The van der Waals surface area contributed by atoms with Crippen LogP contribution in [0.3, 0.4) is 0 Å². The Labute approximate surface area is 217 Å². The first kappa shape index (κ1) is 25.2. The number of anilines is 3. The zero-order valence-electron chi connectivity index (χ0n) is 22.3. The predicted octanol–water partition coefficient (Wildman–Crippen LogP) is 4.90. The zero-order chi connectivity index (χ0) is 26.7. The van der Waals surface area contributed by atoms with E-state index in [-0.39, 0.29) is 18.4 Å². The Morgan fingerprint density at radius 2 is 1.59 bits per heavy atom. The van der Waals surface area contributed by atoms with E-state index in [9.17, 15) is 9.18 Å². The number of fused-ring (bicyclic) bond motifs is 1. The van der Waals surface area contributed by atoms with E-state index in [0.717, 1.165) is 16.7 Å². The van der Waals surface area contributed by atoms with Gasteiger partial charge in [-0.2, -0.15) is 0 Å². The topological polar surface area (TPSA) is 64.1 Å². The molecule has 1 aromatic heterocycles. The van der Waals surface area contributed by atoms with E-state index in [2.05, 4.69) is 4.98 Å². The molecule has 0 atom stereocenters. The number of benzene rings is 2. The fourth-order valence-electron chi connectivity index (χ4n) is 4.75. The van der Waals surface area contributed by atoms with Gasteiger partial charge in [0.2, 0.25) is 5.88 Å². The molecule has 0 bridgehead atoms. The lowest BCUT2D eigenvalue weighted by molar-refractivity contribution is 0.00578. The van der Waals surface area contributed by atoms with Gasteiger partial charge in [0, 0.05) is 11.8 Å². The van der Waals surface area contributed by atoms with E-state index in [1.807, 2.05) is 70.7 Å². The molecule has 7 nitrogen and oxygen atoms in total. The third kappa shape index (κ3) is 4.26. The summed E-state index contributed by atoms with van der Waals surface area (Å²) in [7, 11) is 0.980. The first-order valence-electron chi connectivity index (χ1n) is 12.3. The highest BCUT2D eigenvalue weighted by Gasteiger charge is 2.52. The molecular weight excluding hydrogens is 472 g/mol. The molecule has 192 valence electrons. The number of hydrogen-bond donors (Lipinski definition) is 0. The van der Waals surface area contributed by atoms with Crippen LogP contribution in [0.2, 0.25) is 0 Å². The average molecular weight is 503 g/mol. The van der Waals surface area contributed by atoms with E-state index in [1.165, 1.54) is 12.1 Å². The van der Waals surface area contributed by atoms with Crippen molar-refractivity contribution < 1.29 is 23.2 Å². The van der Waals surface area contributed by atoms with Crippen LogP contribution >= 0.6 is 0 Å². The molecule has 3 heterocycles. The number of nitrogens with zero attached hydrogens (tertiary/aromatic N) is 3. The smallest absolute Gasteiger partial charge is 0.481 e. The molecular formula is C28H31BFN3O4. The Kier molecular flexibility index (Phi) is 6.04. The lowest BCUT2D eigenvalue weighted by atomic mass is 9.78. The van der Waals surface area contributed by atoms with Crippen molar-refractivity contribution in [2.45, 2.75) is 52.7 Å². The number of ether oxygens (including phenoxy) is 1. The van der Waals surface area contributed by atoms with Gasteiger partial charge in [0.1, 0.15) is 12.5 Å². The molecule has 0 radical (unpaired) electrons. The third-order valence-electron chi connectivity index (χ3n) is 7.58. The number of hydrogen-bond acceptors (Lipinski definition) is 6. The molecule has 2 aliphatic rings. The van der Waals surface area contributed by atoms with Gasteiger partial charge >= 0.3 is 7.12 Å². The van der Waals surface area contributed by atoms with Gasteiger partial charge < -0.3 is 18.9 Å². The first-order valence-corrected chi connectivity index (χ1v) is 12.3. The van der Waals surface area contributed by atoms with Crippen molar-refractivity contribution in [2.24, 2.45) is 0 Å². The van der Waals surface area contributed by atoms with Crippen LogP contribution in [0.15, 0.2) is 48.5 Å². The van der Waals surface area contributed by atoms with E-state index in [4.69, 9.17) is 14.0 Å². The molecule has 0 N–H and O–H groups in total. The number of pyridine rings is 1. The van der Waals surface area contributed by atoms with Crippen molar-refractivity contribution in [3.63, 3.8) is 0 Å². The van der Waals surface area contributed by atoms with Crippen LogP contribution in [-0.4, -0.2) is 43.0 Å². The molecule has 2 aliphatic heterocycles. The molecule has 1 saturated heterocycles. The molecule has 0 aliphatic carbocycles. The van der Waals surface area contributed by atoms with Crippen LogP contribution in [0, 0.1) is 19.7 Å². The largest absolute Gasteiger partial charge is 0.494 e. The summed E-state index contributed by atoms with van der Waals surface area (Å²) in [6.45, 7) is 11.9. The van der Waals surface area contributed by atoms with Gasteiger partial charge in [-0.25, -0.2) is 9.37 Å². The molecule has 9 heteroatoms. The third-order valence-corrected chi connectivity index (χ3v) is 7.58. The fraction of sp³-hybridized carbons (Fsp3) is 0.357. The average Bonchev–Trinajstić information content (AvgIpc) is 3.06. The number of aryl methyl sites for hydroxylation is 2. The van der Waals surface area contributed by atoms with E-state index in [0.29, 0.717) is 28.5 Å². The lowest BCUT2D eigenvalue weighted by Gasteiger charge is -2.39. The van der Waals surface area contributed by atoms with Gasteiger partial charge in [-0.15, -0.1) is 0 Å². The van der Waals surface area contributed by atoms with Gasteiger partial charge in [0.15, 0.2) is 0 Å². The molecule has 5 rings (SSSR count). The van der Waals surface area contributed by atoms with Crippen molar-refractivity contribution in [1.82, 2.24) is 4.98 Å².